The number of furan rings is 1. The van der Waals surface area contributed by atoms with E-state index in [0.29, 0.717) is 17.3 Å². The molecule has 0 unspecified atom stereocenters. The lowest BCUT2D eigenvalue weighted by molar-refractivity contribution is 0.575. The van der Waals surface area contributed by atoms with E-state index < -0.39 is 0 Å². The summed E-state index contributed by atoms with van der Waals surface area (Å²) in [5, 5.41) is 7.91. The number of hydrogen-bond acceptors (Lipinski definition) is 4. The topological polar surface area (TPSA) is 71.8 Å². The van der Waals surface area contributed by atoms with Gasteiger partial charge in [0.15, 0.2) is 17.3 Å². The first-order chi connectivity index (χ1) is 8.84. The summed E-state index contributed by atoms with van der Waals surface area (Å²) in [6, 6.07) is 12.6. The van der Waals surface area contributed by atoms with E-state index in [0.717, 1.165) is 5.56 Å². The van der Waals surface area contributed by atoms with Crippen LogP contribution in [0.1, 0.15) is 0 Å². The van der Waals surface area contributed by atoms with Gasteiger partial charge in [-0.1, -0.05) is 30.3 Å². The van der Waals surface area contributed by atoms with Crippen molar-refractivity contribution in [2.75, 3.05) is 0 Å². The summed E-state index contributed by atoms with van der Waals surface area (Å²) in [4.78, 5) is 14.6. The first kappa shape index (κ1) is 10.5. The summed E-state index contributed by atoms with van der Waals surface area (Å²) in [6.45, 7) is 0. The van der Waals surface area contributed by atoms with Crippen LogP contribution in [0.5, 0.6) is 0 Å². The third-order valence-corrected chi connectivity index (χ3v) is 2.50. The Morgan fingerprint density at radius 1 is 1.00 bits per heavy atom. The van der Waals surface area contributed by atoms with Crippen molar-refractivity contribution in [2.24, 2.45) is 0 Å². The van der Waals surface area contributed by atoms with Gasteiger partial charge in [0, 0.05) is 5.56 Å². The zero-order valence-corrected chi connectivity index (χ0v) is 9.33. The fraction of sp³-hybridized carbons (Fsp3) is 0. The number of nitrogens with zero attached hydrogens (tertiary/aromatic N) is 2. The van der Waals surface area contributed by atoms with Crippen LogP contribution in [0.25, 0.3) is 22.8 Å². The van der Waals surface area contributed by atoms with Crippen LogP contribution in [0.3, 0.4) is 0 Å². The molecule has 88 valence electrons. The van der Waals surface area contributed by atoms with Gasteiger partial charge >= 0.3 is 0 Å². The van der Waals surface area contributed by atoms with Gasteiger partial charge in [0.1, 0.15) is 0 Å². The Balaban J connectivity index is 2.08. The van der Waals surface area contributed by atoms with Crippen molar-refractivity contribution in [3.8, 4) is 22.8 Å². The minimum absolute atomic E-state index is 0.289. The van der Waals surface area contributed by atoms with Crippen molar-refractivity contribution in [3.63, 3.8) is 0 Å². The molecule has 0 aliphatic rings. The predicted octanol–water partition coefficient (Wildman–Crippen LogP) is 2.09. The molecule has 2 aromatic heterocycles. The normalized spacial score (nSPS) is 10.4. The molecule has 3 rings (SSSR count). The molecule has 5 heteroatoms. The van der Waals surface area contributed by atoms with Crippen LogP contribution in [0.2, 0.25) is 0 Å². The van der Waals surface area contributed by atoms with Gasteiger partial charge in [-0.3, -0.25) is 4.79 Å². The summed E-state index contributed by atoms with van der Waals surface area (Å²) >= 11 is 0. The maximum absolute atomic E-state index is 11.9. The molecule has 0 aliphatic carbocycles. The third-order valence-electron chi connectivity index (χ3n) is 2.50. The smallest absolute Gasteiger partial charge is 0.278 e. The Morgan fingerprint density at radius 3 is 2.50 bits per heavy atom. The largest absolute Gasteiger partial charge is 0.461 e. The molecular formula is C13H9N3O2. The SMILES string of the molecule is O=c1[nH]c(-c2ccco2)nnc1-c1ccccc1. The van der Waals surface area contributed by atoms with E-state index >= 15 is 0 Å². The Kier molecular flexibility index (Phi) is 2.49. The number of hydrogen-bond donors (Lipinski definition) is 1. The maximum atomic E-state index is 11.9. The van der Waals surface area contributed by atoms with Gasteiger partial charge in [0.05, 0.1) is 6.26 Å². The zero-order valence-electron chi connectivity index (χ0n) is 9.33. The monoisotopic (exact) mass is 239 g/mol. The molecule has 18 heavy (non-hydrogen) atoms. The molecule has 3 aromatic rings. The molecule has 0 fully saturated rings. The van der Waals surface area contributed by atoms with Crippen molar-refractivity contribution in [1.82, 2.24) is 15.2 Å². The van der Waals surface area contributed by atoms with Gasteiger partial charge in [-0.25, -0.2) is 0 Å². The van der Waals surface area contributed by atoms with E-state index in [-0.39, 0.29) is 5.56 Å². The summed E-state index contributed by atoms with van der Waals surface area (Å²) in [6.07, 6.45) is 1.51. The van der Waals surface area contributed by atoms with Crippen LogP contribution < -0.4 is 5.56 Å². The van der Waals surface area contributed by atoms with Crippen molar-refractivity contribution in [3.05, 3.63) is 59.1 Å². The van der Waals surface area contributed by atoms with Gasteiger partial charge in [0.2, 0.25) is 0 Å². The van der Waals surface area contributed by atoms with Gasteiger partial charge in [0.25, 0.3) is 5.56 Å². The summed E-state index contributed by atoms with van der Waals surface area (Å²) < 4.78 is 5.15. The molecule has 0 spiro atoms. The summed E-state index contributed by atoms with van der Waals surface area (Å²) in [7, 11) is 0. The number of benzene rings is 1. The first-order valence-corrected chi connectivity index (χ1v) is 5.41. The lowest BCUT2D eigenvalue weighted by Crippen LogP contribution is -2.14. The molecule has 1 aromatic carbocycles. The van der Waals surface area contributed by atoms with Crippen LogP contribution in [0, 0.1) is 0 Å². The average molecular weight is 239 g/mol. The Morgan fingerprint density at radius 2 is 1.83 bits per heavy atom. The zero-order chi connectivity index (χ0) is 12.4. The molecule has 0 saturated carbocycles. The Hall–Kier alpha value is -2.69. The number of aromatic nitrogens is 3. The minimum atomic E-state index is -0.289. The minimum Gasteiger partial charge on any atom is -0.461 e. The standard InChI is InChI=1S/C13H9N3O2/c17-13-11(9-5-2-1-3-6-9)15-16-12(14-13)10-7-4-8-18-10/h1-8H,(H,14,16,17). The van der Waals surface area contributed by atoms with Gasteiger partial charge in [-0.2, -0.15) is 0 Å². The van der Waals surface area contributed by atoms with Crippen LogP contribution in [0.15, 0.2) is 57.9 Å². The van der Waals surface area contributed by atoms with Crippen molar-refractivity contribution in [2.45, 2.75) is 0 Å². The molecule has 0 atom stereocenters. The highest BCUT2D eigenvalue weighted by atomic mass is 16.3. The van der Waals surface area contributed by atoms with Crippen LogP contribution in [0.4, 0.5) is 0 Å². The van der Waals surface area contributed by atoms with Crippen molar-refractivity contribution < 1.29 is 4.42 Å². The molecule has 2 heterocycles. The fourth-order valence-corrected chi connectivity index (χ4v) is 1.65. The lowest BCUT2D eigenvalue weighted by atomic mass is 10.2. The highest BCUT2D eigenvalue weighted by Gasteiger charge is 2.09. The lowest BCUT2D eigenvalue weighted by Gasteiger charge is -1.99. The number of aromatic amines is 1. The van der Waals surface area contributed by atoms with Gasteiger partial charge in [-0.05, 0) is 12.1 Å². The second kappa shape index (κ2) is 4.29. The van der Waals surface area contributed by atoms with E-state index in [1.54, 1.807) is 12.1 Å². The highest BCUT2D eigenvalue weighted by Crippen LogP contribution is 2.15. The molecule has 1 N–H and O–H groups in total. The number of rotatable bonds is 2. The molecule has 0 amide bonds. The molecular weight excluding hydrogens is 230 g/mol. The predicted molar refractivity (Wildman–Crippen MR) is 65.8 cm³/mol. The van der Waals surface area contributed by atoms with E-state index in [9.17, 15) is 4.79 Å². The first-order valence-electron chi connectivity index (χ1n) is 5.41. The molecule has 0 aliphatic heterocycles. The highest BCUT2D eigenvalue weighted by molar-refractivity contribution is 5.58. The van der Waals surface area contributed by atoms with Crippen molar-refractivity contribution >= 4 is 0 Å². The van der Waals surface area contributed by atoms with Gasteiger partial charge in [-0.15, -0.1) is 10.2 Å². The fourth-order valence-electron chi connectivity index (χ4n) is 1.65. The Labute approximate surface area is 102 Å². The molecule has 5 nitrogen and oxygen atoms in total. The maximum Gasteiger partial charge on any atom is 0.278 e. The number of H-pyrrole nitrogens is 1. The number of nitrogens with one attached hydrogen (secondary N) is 1. The van der Waals surface area contributed by atoms with E-state index in [4.69, 9.17) is 4.42 Å². The van der Waals surface area contributed by atoms with E-state index in [2.05, 4.69) is 15.2 Å². The molecule has 0 saturated heterocycles. The summed E-state index contributed by atoms with van der Waals surface area (Å²) in [5.74, 6) is 0.809. The summed E-state index contributed by atoms with van der Waals surface area (Å²) in [5.41, 5.74) is 0.741. The van der Waals surface area contributed by atoms with E-state index in [1.165, 1.54) is 6.26 Å². The third kappa shape index (κ3) is 1.82. The van der Waals surface area contributed by atoms with Crippen LogP contribution in [-0.4, -0.2) is 15.2 Å². The van der Waals surface area contributed by atoms with Crippen LogP contribution >= 0.6 is 0 Å². The second-order valence-electron chi connectivity index (χ2n) is 3.69. The van der Waals surface area contributed by atoms with E-state index in [1.807, 2.05) is 30.3 Å². The van der Waals surface area contributed by atoms with Crippen LogP contribution in [-0.2, 0) is 0 Å². The van der Waals surface area contributed by atoms with Crippen molar-refractivity contribution in [1.29, 1.82) is 0 Å². The molecule has 0 bridgehead atoms. The Bertz CT molecular complexity index is 703. The average Bonchev–Trinajstić information content (AvgIpc) is 2.93. The second-order valence-corrected chi connectivity index (χ2v) is 3.69. The molecule has 0 radical (unpaired) electrons. The quantitative estimate of drug-likeness (QED) is 0.743. The van der Waals surface area contributed by atoms with Gasteiger partial charge < -0.3 is 9.40 Å².